The van der Waals surface area contributed by atoms with Crippen LogP contribution < -0.4 is 0 Å². The fraction of sp³-hybridized carbons (Fsp3) is 0.632. The van der Waals surface area contributed by atoms with Gasteiger partial charge in [0.25, 0.3) is 0 Å². The first-order valence-corrected chi connectivity index (χ1v) is 18.0. The number of benzene rings is 2. The zero-order valence-corrected chi connectivity index (χ0v) is 29.5. The molecular formula is C38H58O6S. The second-order valence-corrected chi connectivity index (χ2v) is 15.1. The molecule has 0 radical (unpaired) electrons. The molecule has 4 N–H and O–H groups in total. The number of carboxylic acids is 2. The van der Waals surface area contributed by atoms with Crippen molar-refractivity contribution >= 4 is 23.7 Å². The van der Waals surface area contributed by atoms with Crippen molar-refractivity contribution in [2.45, 2.75) is 154 Å². The van der Waals surface area contributed by atoms with Crippen LogP contribution in [0.5, 0.6) is 11.5 Å². The van der Waals surface area contributed by atoms with Crippen molar-refractivity contribution in [1.82, 2.24) is 0 Å². The molecule has 0 aliphatic carbocycles. The van der Waals surface area contributed by atoms with Crippen LogP contribution in [0.3, 0.4) is 0 Å². The van der Waals surface area contributed by atoms with Gasteiger partial charge in [0.15, 0.2) is 0 Å². The summed E-state index contributed by atoms with van der Waals surface area (Å²) in [5.41, 5.74) is 5.60. The minimum absolute atomic E-state index is 0.266. The Balaban J connectivity index is 2.33. The molecule has 0 fully saturated rings. The lowest BCUT2D eigenvalue weighted by molar-refractivity contribution is -0.139. The van der Waals surface area contributed by atoms with Gasteiger partial charge in [-0.25, -0.2) is 0 Å². The van der Waals surface area contributed by atoms with Gasteiger partial charge in [-0.2, -0.15) is 0 Å². The molecule has 0 aliphatic heterocycles. The third-order valence-corrected chi connectivity index (χ3v) is 10.6. The average molecular weight is 643 g/mol. The van der Waals surface area contributed by atoms with Gasteiger partial charge in [-0.3, -0.25) is 9.59 Å². The zero-order chi connectivity index (χ0) is 33.6. The first-order chi connectivity index (χ1) is 21.3. The fourth-order valence-electron chi connectivity index (χ4n) is 5.85. The van der Waals surface area contributed by atoms with Gasteiger partial charge in [-0.1, -0.05) is 77.6 Å². The Morgan fingerprint density at radius 3 is 1.04 bits per heavy atom. The quantitative estimate of drug-likeness (QED) is 0.101. The molecule has 0 saturated heterocycles. The lowest BCUT2D eigenvalue weighted by Crippen LogP contribution is -2.42. The smallest absolute Gasteiger partial charge is 0.319 e. The summed E-state index contributed by atoms with van der Waals surface area (Å²) in [7, 11) is 0. The Morgan fingerprint density at radius 1 is 0.556 bits per heavy atom. The molecule has 2 unspecified atom stereocenters. The Kier molecular flexibility index (Phi) is 15.8. The molecule has 7 heteroatoms. The van der Waals surface area contributed by atoms with Gasteiger partial charge in [-0.05, 0) is 124 Å². The van der Waals surface area contributed by atoms with Crippen LogP contribution in [-0.4, -0.2) is 41.9 Å². The van der Waals surface area contributed by atoms with E-state index >= 15 is 0 Å². The van der Waals surface area contributed by atoms with Crippen molar-refractivity contribution < 1.29 is 30.0 Å². The van der Waals surface area contributed by atoms with Crippen LogP contribution in [-0.2, 0) is 48.1 Å². The topological polar surface area (TPSA) is 115 Å². The van der Waals surface area contributed by atoms with Crippen LogP contribution in [0.15, 0.2) is 24.3 Å². The summed E-state index contributed by atoms with van der Waals surface area (Å²) in [5.74, 6) is -1.33. The highest BCUT2D eigenvalue weighted by atomic mass is 32.2. The summed E-state index contributed by atoms with van der Waals surface area (Å²) in [4.78, 5) is 25.5. The fourth-order valence-corrected chi connectivity index (χ4v) is 7.43. The monoisotopic (exact) mass is 642 g/mol. The van der Waals surface area contributed by atoms with E-state index in [1.165, 1.54) is 0 Å². The predicted octanol–water partition coefficient (Wildman–Crippen LogP) is 9.45. The van der Waals surface area contributed by atoms with Crippen molar-refractivity contribution in [2.75, 3.05) is 0 Å². The van der Waals surface area contributed by atoms with Gasteiger partial charge >= 0.3 is 11.9 Å². The highest BCUT2D eigenvalue weighted by Crippen LogP contribution is 2.44. The van der Waals surface area contributed by atoms with Crippen molar-refractivity contribution in [1.29, 1.82) is 0 Å². The molecule has 2 rings (SSSR count). The van der Waals surface area contributed by atoms with E-state index in [9.17, 15) is 30.0 Å². The second kappa shape index (κ2) is 18.5. The largest absolute Gasteiger partial charge is 0.507 e. The molecule has 0 heterocycles. The molecular weight excluding hydrogens is 584 g/mol. The maximum Gasteiger partial charge on any atom is 0.319 e. The van der Waals surface area contributed by atoms with Crippen LogP contribution in [0.2, 0.25) is 0 Å². The standard InChI is InChI=1S/C38H58O6S/c1-7-11-15-29-23-27(24-30(33(29)39)16-12-8-2)19-21-37(5,35(41)42)45-38(6,36(43)44)22-20-28-25-31(17-13-9-3)34(40)32(26-28)18-14-10-4/h23-26,39-40H,7-22H2,1-6H3,(H,41,42)(H,43,44). The van der Waals surface area contributed by atoms with Crippen molar-refractivity contribution in [3.63, 3.8) is 0 Å². The highest BCUT2D eigenvalue weighted by Gasteiger charge is 2.45. The van der Waals surface area contributed by atoms with E-state index in [0.717, 1.165) is 122 Å². The maximum absolute atomic E-state index is 12.7. The molecule has 0 spiro atoms. The lowest BCUT2D eigenvalue weighted by Gasteiger charge is -2.34. The molecule has 45 heavy (non-hydrogen) atoms. The normalized spacial score (nSPS) is 14.2. The van der Waals surface area contributed by atoms with E-state index in [0.29, 0.717) is 24.3 Å². The number of carbonyl (C=O) groups is 2. The molecule has 0 saturated carbocycles. The van der Waals surface area contributed by atoms with Crippen LogP contribution in [0.25, 0.3) is 0 Å². The van der Waals surface area contributed by atoms with Gasteiger partial charge in [0.1, 0.15) is 21.0 Å². The molecule has 2 atom stereocenters. The number of rotatable bonds is 22. The van der Waals surface area contributed by atoms with E-state index in [1.807, 2.05) is 24.3 Å². The number of carboxylic acid groups (broad SMARTS) is 2. The molecule has 0 amide bonds. The summed E-state index contributed by atoms with van der Waals surface area (Å²) >= 11 is 1.03. The number of aromatic hydroxyl groups is 2. The molecule has 0 bridgehead atoms. The first kappa shape index (κ1) is 38.5. The van der Waals surface area contributed by atoms with Crippen molar-refractivity contribution in [2.24, 2.45) is 0 Å². The molecule has 252 valence electrons. The third-order valence-electron chi connectivity index (χ3n) is 8.99. The Morgan fingerprint density at radius 2 is 0.822 bits per heavy atom. The van der Waals surface area contributed by atoms with E-state index in [-0.39, 0.29) is 12.8 Å². The molecule has 2 aromatic rings. The summed E-state index contributed by atoms with van der Waals surface area (Å²) in [5, 5.41) is 42.6. The van der Waals surface area contributed by atoms with Gasteiger partial charge in [-0.15, -0.1) is 11.8 Å². The van der Waals surface area contributed by atoms with E-state index in [2.05, 4.69) is 27.7 Å². The van der Waals surface area contributed by atoms with Gasteiger partial charge in [0.05, 0.1) is 0 Å². The molecule has 0 aliphatic rings. The number of thioether (sulfide) groups is 1. The maximum atomic E-state index is 12.7. The predicted molar refractivity (Wildman–Crippen MR) is 187 cm³/mol. The van der Waals surface area contributed by atoms with Crippen molar-refractivity contribution in [3.05, 3.63) is 57.6 Å². The summed E-state index contributed by atoms with van der Waals surface area (Å²) < 4.78 is -2.66. The van der Waals surface area contributed by atoms with Gasteiger partial charge in [0.2, 0.25) is 0 Å². The zero-order valence-electron chi connectivity index (χ0n) is 28.6. The number of aryl methyl sites for hydroxylation is 6. The molecule has 2 aromatic carbocycles. The SMILES string of the molecule is CCCCc1cc(CCC(C)(SC(C)(CCc2cc(CCCC)c(O)c(CCCC)c2)C(=O)O)C(=O)O)cc(CCCC)c1O. The Hall–Kier alpha value is -2.67. The minimum Gasteiger partial charge on any atom is -0.507 e. The second-order valence-electron chi connectivity index (χ2n) is 13.1. The third kappa shape index (κ3) is 11.3. The highest BCUT2D eigenvalue weighted by molar-refractivity contribution is 8.03. The number of hydrogen-bond donors (Lipinski definition) is 4. The van der Waals surface area contributed by atoms with E-state index in [1.54, 1.807) is 13.8 Å². The number of hydrogen-bond acceptors (Lipinski definition) is 5. The van der Waals surface area contributed by atoms with Crippen LogP contribution in [0, 0.1) is 0 Å². The minimum atomic E-state index is -1.33. The molecule has 0 aromatic heterocycles. The number of phenolic OH excluding ortho intramolecular Hbond substituents is 2. The van der Waals surface area contributed by atoms with E-state index < -0.39 is 21.4 Å². The number of unbranched alkanes of at least 4 members (excludes halogenated alkanes) is 4. The van der Waals surface area contributed by atoms with Crippen LogP contribution in [0.4, 0.5) is 0 Å². The average Bonchev–Trinajstić information content (AvgIpc) is 3.00. The van der Waals surface area contributed by atoms with Gasteiger partial charge in [0, 0.05) is 0 Å². The lowest BCUT2D eigenvalue weighted by atomic mass is 9.93. The Bertz CT molecular complexity index is 1100. The summed E-state index contributed by atoms with van der Waals surface area (Å²) in [6.07, 6.45) is 12.5. The van der Waals surface area contributed by atoms with Crippen molar-refractivity contribution in [3.8, 4) is 11.5 Å². The summed E-state index contributed by atoms with van der Waals surface area (Å²) in [6.45, 7) is 11.8. The van der Waals surface area contributed by atoms with Crippen LogP contribution in [0.1, 0.15) is 139 Å². The molecule has 6 nitrogen and oxygen atoms in total. The first-order valence-electron chi connectivity index (χ1n) is 17.2. The number of aliphatic carboxylic acids is 2. The Labute approximate surface area is 276 Å². The summed E-state index contributed by atoms with van der Waals surface area (Å²) in [6, 6.07) is 8.00. The van der Waals surface area contributed by atoms with E-state index in [4.69, 9.17) is 0 Å². The van der Waals surface area contributed by atoms with Crippen LogP contribution >= 0.6 is 11.8 Å². The number of phenols is 2. The van der Waals surface area contributed by atoms with Gasteiger partial charge < -0.3 is 20.4 Å².